The number of halogens is 3. The lowest BCUT2D eigenvalue weighted by molar-refractivity contribution is -0.0102. The Bertz CT molecular complexity index is 511. The molecule has 0 N–H and O–H groups in total. The molecule has 4 nitrogen and oxygen atoms in total. The number of rotatable bonds is 2. The van der Waals surface area contributed by atoms with Gasteiger partial charge in [-0.05, 0) is 12.5 Å². The smallest absolute Gasteiger partial charge is 0.341 e. The molecule has 7 heteroatoms. The molecule has 0 aromatic carbocycles. The average molecular weight is 305 g/mol. The molecule has 0 atom stereocenters. The van der Waals surface area contributed by atoms with Crippen LogP contribution in [0.2, 0.25) is 5.02 Å². The largest absolute Gasteiger partial charge is 0.465 e. The van der Waals surface area contributed by atoms with E-state index in [1.165, 1.54) is 19.4 Å². The molecule has 1 aliphatic rings. The first-order valence-electron chi connectivity index (χ1n) is 6.29. The highest BCUT2D eigenvalue weighted by atomic mass is 35.5. The van der Waals surface area contributed by atoms with Crippen LogP contribution in [-0.2, 0) is 4.74 Å². The van der Waals surface area contributed by atoms with Crippen molar-refractivity contribution in [3.63, 3.8) is 0 Å². The molecule has 110 valence electrons. The maximum atomic E-state index is 13.4. The third-order valence-corrected chi connectivity index (χ3v) is 3.46. The SMILES string of the molecule is COC(=O)c1cc(Cl)cnc1N1CCCC(F)(F)CC1. The van der Waals surface area contributed by atoms with Gasteiger partial charge in [0.15, 0.2) is 0 Å². The topological polar surface area (TPSA) is 42.4 Å². The number of hydrogen-bond donors (Lipinski definition) is 0. The predicted octanol–water partition coefficient (Wildman–Crippen LogP) is 3.15. The van der Waals surface area contributed by atoms with E-state index in [0.717, 1.165) is 0 Å². The van der Waals surface area contributed by atoms with Gasteiger partial charge in [0.1, 0.15) is 11.4 Å². The molecule has 0 radical (unpaired) electrons. The van der Waals surface area contributed by atoms with Crippen LogP contribution in [0.1, 0.15) is 29.6 Å². The van der Waals surface area contributed by atoms with Crippen molar-refractivity contribution in [3.8, 4) is 0 Å². The first-order valence-corrected chi connectivity index (χ1v) is 6.67. The molecule has 1 aromatic heterocycles. The van der Waals surface area contributed by atoms with Crippen LogP contribution in [0.5, 0.6) is 0 Å². The molecular formula is C13H15ClF2N2O2. The lowest BCUT2D eigenvalue weighted by Crippen LogP contribution is -2.28. The van der Waals surface area contributed by atoms with Crippen LogP contribution in [0, 0.1) is 0 Å². The van der Waals surface area contributed by atoms with Crippen molar-refractivity contribution < 1.29 is 18.3 Å². The van der Waals surface area contributed by atoms with Crippen molar-refractivity contribution in [2.24, 2.45) is 0 Å². The molecule has 1 fully saturated rings. The van der Waals surface area contributed by atoms with Crippen LogP contribution in [0.3, 0.4) is 0 Å². The third-order valence-electron chi connectivity index (χ3n) is 3.26. The molecule has 0 spiro atoms. The summed E-state index contributed by atoms with van der Waals surface area (Å²) in [6.07, 6.45) is 1.34. The number of methoxy groups -OCH3 is 1. The molecule has 1 aromatic rings. The summed E-state index contributed by atoms with van der Waals surface area (Å²) in [7, 11) is 1.25. The second kappa shape index (κ2) is 5.91. The van der Waals surface area contributed by atoms with Crippen LogP contribution >= 0.6 is 11.6 Å². The van der Waals surface area contributed by atoms with E-state index < -0.39 is 11.9 Å². The van der Waals surface area contributed by atoms with Crippen molar-refractivity contribution in [2.45, 2.75) is 25.2 Å². The maximum absolute atomic E-state index is 13.4. The number of pyridine rings is 1. The highest BCUT2D eigenvalue weighted by Crippen LogP contribution is 2.31. The van der Waals surface area contributed by atoms with Gasteiger partial charge in [0, 0.05) is 32.1 Å². The minimum absolute atomic E-state index is 0.144. The summed E-state index contributed by atoms with van der Waals surface area (Å²) in [6.45, 7) is 0.569. The minimum Gasteiger partial charge on any atom is -0.465 e. The highest BCUT2D eigenvalue weighted by molar-refractivity contribution is 6.30. The molecule has 0 aliphatic carbocycles. The molecule has 1 aliphatic heterocycles. The van der Waals surface area contributed by atoms with Crippen LogP contribution in [0.4, 0.5) is 14.6 Å². The molecule has 0 saturated carbocycles. The molecule has 2 rings (SSSR count). The van der Waals surface area contributed by atoms with E-state index in [4.69, 9.17) is 11.6 Å². The van der Waals surface area contributed by atoms with E-state index in [-0.39, 0.29) is 24.9 Å². The summed E-state index contributed by atoms with van der Waals surface area (Å²) >= 11 is 5.83. The second-order valence-electron chi connectivity index (χ2n) is 4.71. The number of anilines is 1. The zero-order chi connectivity index (χ0) is 14.8. The van der Waals surface area contributed by atoms with Gasteiger partial charge >= 0.3 is 5.97 Å². The minimum atomic E-state index is -2.66. The van der Waals surface area contributed by atoms with Gasteiger partial charge in [0.25, 0.3) is 0 Å². The van der Waals surface area contributed by atoms with Gasteiger partial charge in [-0.25, -0.2) is 18.6 Å². The summed E-state index contributed by atoms with van der Waals surface area (Å²) in [6, 6.07) is 1.44. The van der Waals surface area contributed by atoms with Gasteiger partial charge in [-0.15, -0.1) is 0 Å². The van der Waals surface area contributed by atoms with Crippen LogP contribution in [0.15, 0.2) is 12.3 Å². The standard InChI is InChI=1S/C13H15ClF2N2O2/c1-20-12(19)10-7-9(14)8-17-11(10)18-5-2-3-13(15,16)4-6-18/h7-8H,2-6H2,1H3. The first-order chi connectivity index (χ1) is 9.43. The Morgan fingerprint density at radius 2 is 2.20 bits per heavy atom. The summed E-state index contributed by atoms with van der Waals surface area (Å²) in [5.74, 6) is -2.89. The first kappa shape index (κ1) is 15.0. The zero-order valence-electron chi connectivity index (χ0n) is 11.0. The van der Waals surface area contributed by atoms with Crippen LogP contribution in [0.25, 0.3) is 0 Å². The molecule has 20 heavy (non-hydrogen) atoms. The van der Waals surface area contributed by atoms with Crippen molar-refractivity contribution in [2.75, 3.05) is 25.1 Å². The second-order valence-corrected chi connectivity index (χ2v) is 5.15. The fourth-order valence-electron chi connectivity index (χ4n) is 2.22. The summed E-state index contributed by atoms with van der Waals surface area (Å²) in [4.78, 5) is 17.5. The fourth-order valence-corrected chi connectivity index (χ4v) is 2.38. The average Bonchev–Trinajstić information content (AvgIpc) is 2.59. The van der Waals surface area contributed by atoms with E-state index in [0.29, 0.717) is 23.8 Å². The van der Waals surface area contributed by atoms with Gasteiger partial charge in [-0.2, -0.15) is 0 Å². The van der Waals surface area contributed by atoms with Crippen LogP contribution in [-0.4, -0.2) is 37.1 Å². The van der Waals surface area contributed by atoms with Crippen molar-refractivity contribution in [1.29, 1.82) is 0 Å². The number of esters is 1. The van der Waals surface area contributed by atoms with Gasteiger partial charge in [0.05, 0.1) is 12.1 Å². The Hall–Kier alpha value is -1.43. The Balaban J connectivity index is 2.30. The van der Waals surface area contributed by atoms with Crippen LogP contribution < -0.4 is 4.90 Å². The van der Waals surface area contributed by atoms with Crippen molar-refractivity contribution in [1.82, 2.24) is 4.98 Å². The quantitative estimate of drug-likeness (QED) is 0.787. The molecule has 0 bridgehead atoms. The normalized spacial score (nSPS) is 18.5. The third kappa shape index (κ3) is 3.36. The monoisotopic (exact) mass is 304 g/mol. The van der Waals surface area contributed by atoms with Crippen molar-refractivity contribution >= 4 is 23.4 Å². The van der Waals surface area contributed by atoms with E-state index in [9.17, 15) is 13.6 Å². The molecular weight excluding hydrogens is 290 g/mol. The number of carbonyl (C=O) groups excluding carboxylic acids is 1. The Labute approximate surface area is 120 Å². The highest BCUT2D eigenvalue weighted by Gasteiger charge is 2.33. The van der Waals surface area contributed by atoms with E-state index in [1.807, 2.05) is 0 Å². The van der Waals surface area contributed by atoms with Crippen molar-refractivity contribution in [3.05, 3.63) is 22.8 Å². The Morgan fingerprint density at radius 1 is 1.45 bits per heavy atom. The Morgan fingerprint density at radius 3 is 2.90 bits per heavy atom. The number of aromatic nitrogens is 1. The van der Waals surface area contributed by atoms with Gasteiger partial charge in [-0.3, -0.25) is 0 Å². The lowest BCUT2D eigenvalue weighted by atomic mass is 10.1. The number of nitrogens with zero attached hydrogens (tertiary/aromatic N) is 2. The Kier molecular flexibility index (Phi) is 4.42. The number of carbonyl (C=O) groups is 1. The molecule has 1 saturated heterocycles. The summed E-state index contributed by atoms with van der Waals surface area (Å²) in [5, 5.41) is 0.300. The van der Waals surface area contributed by atoms with Gasteiger partial charge in [0.2, 0.25) is 5.92 Å². The van der Waals surface area contributed by atoms with Gasteiger partial charge in [-0.1, -0.05) is 11.6 Å². The summed E-state index contributed by atoms with van der Waals surface area (Å²) in [5.41, 5.74) is 0.199. The lowest BCUT2D eigenvalue weighted by Gasteiger charge is -2.23. The fraction of sp³-hybridized carbons (Fsp3) is 0.538. The number of alkyl halides is 2. The molecule has 0 unspecified atom stereocenters. The zero-order valence-corrected chi connectivity index (χ0v) is 11.8. The predicted molar refractivity (Wildman–Crippen MR) is 71.6 cm³/mol. The van der Waals surface area contributed by atoms with E-state index in [1.54, 1.807) is 4.90 Å². The van der Waals surface area contributed by atoms with Gasteiger partial charge < -0.3 is 9.64 Å². The number of ether oxygens (including phenoxy) is 1. The van der Waals surface area contributed by atoms with E-state index >= 15 is 0 Å². The maximum Gasteiger partial charge on any atom is 0.341 e. The number of hydrogen-bond acceptors (Lipinski definition) is 4. The molecule has 0 amide bonds. The van der Waals surface area contributed by atoms with E-state index in [2.05, 4.69) is 9.72 Å². The summed E-state index contributed by atoms with van der Waals surface area (Å²) < 4.78 is 31.4. The molecule has 2 heterocycles.